The Labute approximate surface area is 152 Å². The van der Waals surface area contributed by atoms with Crippen LogP contribution in [0, 0.1) is 0 Å². The first kappa shape index (κ1) is 17.7. The minimum absolute atomic E-state index is 0.122. The van der Waals surface area contributed by atoms with Gasteiger partial charge < -0.3 is 14.6 Å². The number of rotatable bonds is 5. The maximum absolute atomic E-state index is 12.9. The molecule has 5 heteroatoms. The normalized spacial score (nSPS) is 12.0. The van der Waals surface area contributed by atoms with Gasteiger partial charge in [-0.15, -0.1) is 0 Å². The number of nitrogens with zero attached hydrogens (tertiary/aromatic N) is 1. The number of nitrogens with one attached hydrogen (secondary N) is 1. The van der Waals surface area contributed by atoms with E-state index in [1.165, 1.54) is 0 Å². The summed E-state index contributed by atoms with van der Waals surface area (Å²) in [6.07, 6.45) is 1.58. The van der Waals surface area contributed by atoms with Crippen LogP contribution < -0.4 is 15.5 Å². The summed E-state index contributed by atoms with van der Waals surface area (Å²) in [5.41, 5.74) is 1.57. The number of pyridine rings is 1. The summed E-state index contributed by atoms with van der Waals surface area (Å²) in [5.74, 6) is 0.234. The minimum Gasteiger partial charge on any atom is -0.494 e. The number of ether oxygens (including phenoxy) is 1. The first-order valence-electron chi connectivity index (χ1n) is 8.63. The van der Waals surface area contributed by atoms with Gasteiger partial charge in [-0.1, -0.05) is 30.3 Å². The number of carbonyl (C=O) groups is 1. The molecule has 1 N–H and O–H groups in total. The van der Waals surface area contributed by atoms with Gasteiger partial charge in [-0.25, -0.2) is 0 Å². The van der Waals surface area contributed by atoms with Gasteiger partial charge in [-0.05, 0) is 37.6 Å². The fourth-order valence-corrected chi connectivity index (χ4v) is 2.99. The van der Waals surface area contributed by atoms with Gasteiger partial charge in [0.05, 0.1) is 23.6 Å². The van der Waals surface area contributed by atoms with Crippen molar-refractivity contribution >= 4 is 16.8 Å². The molecule has 5 nitrogen and oxygen atoms in total. The van der Waals surface area contributed by atoms with Crippen molar-refractivity contribution < 1.29 is 9.53 Å². The van der Waals surface area contributed by atoms with E-state index in [0.717, 1.165) is 11.1 Å². The van der Waals surface area contributed by atoms with Crippen molar-refractivity contribution in [3.63, 3.8) is 0 Å². The lowest BCUT2D eigenvalue weighted by Crippen LogP contribution is -2.31. The third-order valence-electron chi connectivity index (χ3n) is 4.36. The molecule has 0 unspecified atom stereocenters. The summed E-state index contributed by atoms with van der Waals surface area (Å²) in [6, 6.07) is 14.8. The van der Waals surface area contributed by atoms with Crippen LogP contribution in [0.25, 0.3) is 10.9 Å². The van der Waals surface area contributed by atoms with Crippen molar-refractivity contribution in [3.8, 4) is 5.75 Å². The van der Waals surface area contributed by atoms with Crippen molar-refractivity contribution in [2.24, 2.45) is 7.05 Å². The average Bonchev–Trinajstić information content (AvgIpc) is 2.65. The number of hydrogen-bond donors (Lipinski definition) is 1. The van der Waals surface area contributed by atoms with Gasteiger partial charge in [-0.2, -0.15) is 0 Å². The molecule has 3 rings (SSSR count). The second-order valence-electron chi connectivity index (χ2n) is 6.20. The van der Waals surface area contributed by atoms with Crippen LogP contribution in [-0.4, -0.2) is 17.1 Å². The van der Waals surface area contributed by atoms with E-state index >= 15 is 0 Å². The highest BCUT2D eigenvalue weighted by Crippen LogP contribution is 2.19. The molecule has 1 amide bonds. The number of benzene rings is 2. The van der Waals surface area contributed by atoms with Crippen molar-refractivity contribution in [1.82, 2.24) is 9.88 Å². The number of aryl methyl sites for hydroxylation is 1. The van der Waals surface area contributed by atoms with Crippen LogP contribution in [0.3, 0.4) is 0 Å². The zero-order valence-corrected chi connectivity index (χ0v) is 15.2. The summed E-state index contributed by atoms with van der Waals surface area (Å²) < 4.78 is 7.27. The van der Waals surface area contributed by atoms with Gasteiger partial charge in [0, 0.05) is 13.2 Å². The number of amides is 1. The molecular formula is C21H22N2O3. The van der Waals surface area contributed by atoms with Crippen LogP contribution in [-0.2, 0) is 7.05 Å². The quantitative estimate of drug-likeness (QED) is 0.767. The zero-order chi connectivity index (χ0) is 18.7. The van der Waals surface area contributed by atoms with Crippen LogP contribution in [0.2, 0.25) is 0 Å². The summed E-state index contributed by atoms with van der Waals surface area (Å²) in [5, 5.41) is 3.37. The first-order chi connectivity index (χ1) is 12.5. The van der Waals surface area contributed by atoms with Crippen molar-refractivity contribution in [2.75, 3.05) is 6.61 Å². The molecule has 0 fully saturated rings. The summed E-state index contributed by atoms with van der Waals surface area (Å²) in [4.78, 5) is 25.6. The molecule has 0 bridgehead atoms. The molecule has 1 heterocycles. The highest BCUT2D eigenvalue weighted by atomic mass is 16.5. The Morgan fingerprint density at radius 3 is 2.62 bits per heavy atom. The monoisotopic (exact) mass is 350 g/mol. The van der Waals surface area contributed by atoms with Crippen molar-refractivity contribution in [3.05, 3.63) is 76.1 Å². The third kappa shape index (κ3) is 3.47. The van der Waals surface area contributed by atoms with Gasteiger partial charge >= 0.3 is 0 Å². The van der Waals surface area contributed by atoms with E-state index in [1.54, 1.807) is 16.8 Å². The molecule has 26 heavy (non-hydrogen) atoms. The molecule has 0 aliphatic carbocycles. The largest absolute Gasteiger partial charge is 0.494 e. The predicted molar refractivity (Wildman–Crippen MR) is 103 cm³/mol. The Balaban J connectivity index is 1.97. The molecule has 134 valence electrons. The standard InChI is InChI=1S/C21H22N2O3/c1-4-26-16-10-11-19-17(12-16)20(24)18(13-23(19)3)21(25)22-14(2)15-8-6-5-7-9-15/h5-14H,4H2,1-3H3,(H,22,25)/t14-/m1/s1. The lowest BCUT2D eigenvalue weighted by molar-refractivity contribution is 0.0938. The summed E-state index contributed by atoms with van der Waals surface area (Å²) in [6.45, 7) is 4.30. The molecule has 0 aliphatic rings. The fourth-order valence-electron chi connectivity index (χ4n) is 2.99. The van der Waals surface area contributed by atoms with E-state index in [1.807, 2.05) is 63.4 Å². The Morgan fingerprint density at radius 1 is 1.19 bits per heavy atom. The molecule has 0 aliphatic heterocycles. The van der Waals surface area contributed by atoms with Crippen molar-refractivity contribution in [2.45, 2.75) is 19.9 Å². The van der Waals surface area contributed by atoms with Crippen LogP contribution in [0.4, 0.5) is 0 Å². The highest BCUT2D eigenvalue weighted by molar-refractivity contribution is 5.97. The lowest BCUT2D eigenvalue weighted by atomic mass is 10.1. The maximum Gasteiger partial charge on any atom is 0.257 e. The Hall–Kier alpha value is -3.08. The summed E-state index contributed by atoms with van der Waals surface area (Å²) >= 11 is 0. The van der Waals surface area contributed by atoms with E-state index in [4.69, 9.17) is 4.74 Å². The van der Waals surface area contributed by atoms with Crippen molar-refractivity contribution in [1.29, 1.82) is 0 Å². The number of aromatic nitrogens is 1. The number of carbonyl (C=O) groups excluding carboxylic acids is 1. The highest BCUT2D eigenvalue weighted by Gasteiger charge is 2.17. The molecular weight excluding hydrogens is 328 g/mol. The fraction of sp³-hybridized carbons (Fsp3) is 0.238. The van der Waals surface area contributed by atoms with Crippen LogP contribution in [0.15, 0.2) is 59.5 Å². The minimum atomic E-state index is -0.384. The molecule has 0 saturated heterocycles. The maximum atomic E-state index is 12.9. The molecule has 0 radical (unpaired) electrons. The zero-order valence-electron chi connectivity index (χ0n) is 15.2. The molecule has 1 atom stereocenters. The summed E-state index contributed by atoms with van der Waals surface area (Å²) in [7, 11) is 1.82. The Kier molecular flexibility index (Phi) is 5.07. The molecule has 0 spiro atoms. The van der Waals surface area contributed by atoms with E-state index < -0.39 is 0 Å². The predicted octanol–water partition coefficient (Wildman–Crippen LogP) is 3.43. The topological polar surface area (TPSA) is 60.3 Å². The average molecular weight is 350 g/mol. The molecule has 3 aromatic rings. The van der Waals surface area contributed by atoms with E-state index in [-0.39, 0.29) is 22.9 Å². The Morgan fingerprint density at radius 2 is 1.92 bits per heavy atom. The van der Waals surface area contributed by atoms with Gasteiger partial charge in [0.15, 0.2) is 0 Å². The first-order valence-corrected chi connectivity index (χ1v) is 8.63. The second-order valence-corrected chi connectivity index (χ2v) is 6.20. The number of hydrogen-bond acceptors (Lipinski definition) is 3. The van der Waals surface area contributed by atoms with E-state index in [9.17, 15) is 9.59 Å². The number of fused-ring (bicyclic) bond motifs is 1. The van der Waals surface area contributed by atoms with Crippen LogP contribution >= 0.6 is 0 Å². The third-order valence-corrected chi connectivity index (χ3v) is 4.36. The molecule has 1 aromatic heterocycles. The Bertz CT molecular complexity index is 993. The van der Waals surface area contributed by atoms with E-state index in [2.05, 4.69) is 5.32 Å². The van der Waals surface area contributed by atoms with Gasteiger partial charge in [0.2, 0.25) is 5.43 Å². The molecule has 0 saturated carbocycles. The van der Waals surface area contributed by atoms with E-state index in [0.29, 0.717) is 17.7 Å². The smallest absolute Gasteiger partial charge is 0.257 e. The lowest BCUT2D eigenvalue weighted by Gasteiger charge is -2.15. The van der Waals surface area contributed by atoms with Gasteiger partial charge in [-0.3, -0.25) is 9.59 Å². The van der Waals surface area contributed by atoms with Crippen LogP contribution in [0.5, 0.6) is 5.75 Å². The van der Waals surface area contributed by atoms with Gasteiger partial charge in [0.25, 0.3) is 5.91 Å². The second kappa shape index (κ2) is 7.44. The van der Waals surface area contributed by atoms with Gasteiger partial charge in [0.1, 0.15) is 11.3 Å². The van der Waals surface area contributed by atoms with Crippen LogP contribution in [0.1, 0.15) is 35.8 Å². The molecule has 2 aromatic carbocycles. The SMILES string of the molecule is CCOc1ccc2c(c1)c(=O)c(C(=O)N[C@H](C)c1ccccc1)cn2C.